The molecule has 0 fully saturated rings. The average molecular weight is 290 g/mol. The molecule has 0 spiro atoms. The number of amides is 1. The molecule has 1 aromatic carbocycles. The van der Waals surface area contributed by atoms with Crippen LogP contribution in [0.15, 0.2) is 18.2 Å². The number of benzene rings is 1. The van der Waals surface area contributed by atoms with Crippen LogP contribution < -0.4 is 10.1 Å². The number of carbonyl (C=O) groups excluding carboxylic acids is 1. The van der Waals surface area contributed by atoms with Gasteiger partial charge in [0, 0.05) is 6.61 Å². The van der Waals surface area contributed by atoms with Crippen LogP contribution in [0.4, 0.5) is 5.69 Å². The number of rotatable bonds is 7. The van der Waals surface area contributed by atoms with Crippen LogP contribution in [0.25, 0.3) is 0 Å². The van der Waals surface area contributed by atoms with E-state index >= 15 is 0 Å². The summed E-state index contributed by atoms with van der Waals surface area (Å²) < 4.78 is 10.7. The van der Waals surface area contributed by atoms with Gasteiger partial charge in [-0.2, -0.15) is 5.26 Å². The van der Waals surface area contributed by atoms with E-state index in [9.17, 15) is 4.79 Å². The first-order chi connectivity index (χ1) is 10.0. The van der Waals surface area contributed by atoms with E-state index in [1.807, 2.05) is 13.8 Å². The van der Waals surface area contributed by atoms with Gasteiger partial charge in [0.2, 0.25) is 0 Å². The molecule has 114 valence electrons. The van der Waals surface area contributed by atoms with Gasteiger partial charge in [-0.15, -0.1) is 0 Å². The second-order valence-corrected chi connectivity index (χ2v) is 4.91. The smallest absolute Gasteiger partial charge is 0.256 e. The van der Waals surface area contributed by atoms with Gasteiger partial charge in [0.15, 0.2) is 0 Å². The molecule has 5 nitrogen and oxygen atoms in total. The van der Waals surface area contributed by atoms with Crippen molar-refractivity contribution >= 4 is 11.6 Å². The molecule has 1 unspecified atom stereocenters. The van der Waals surface area contributed by atoms with Gasteiger partial charge in [0.25, 0.3) is 5.91 Å². The summed E-state index contributed by atoms with van der Waals surface area (Å²) in [7, 11) is 1.53. The summed E-state index contributed by atoms with van der Waals surface area (Å²) in [6, 6.07) is 7.00. The molecule has 0 aromatic heterocycles. The molecular weight excluding hydrogens is 268 g/mol. The topological polar surface area (TPSA) is 71.3 Å². The Labute approximate surface area is 125 Å². The molecule has 0 aliphatic heterocycles. The van der Waals surface area contributed by atoms with Gasteiger partial charge in [0.1, 0.15) is 17.4 Å². The van der Waals surface area contributed by atoms with Crippen LogP contribution in [0, 0.1) is 11.3 Å². The number of methoxy groups -OCH3 is 1. The summed E-state index contributed by atoms with van der Waals surface area (Å²) in [6.07, 6.45) is 1.39. The fraction of sp³-hybridized carbons (Fsp3) is 0.500. The van der Waals surface area contributed by atoms with E-state index in [-0.39, 0.29) is 5.91 Å². The van der Waals surface area contributed by atoms with Gasteiger partial charge < -0.3 is 14.8 Å². The predicted molar refractivity (Wildman–Crippen MR) is 81.3 cm³/mol. The summed E-state index contributed by atoms with van der Waals surface area (Å²) in [5.41, 5.74) is -0.0810. The van der Waals surface area contributed by atoms with Crippen LogP contribution in [-0.2, 0) is 9.53 Å². The Morgan fingerprint density at radius 1 is 1.43 bits per heavy atom. The minimum absolute atomic E-state index is 0.250. The minimum Gasteiger partial charge on any atom is -0.497 e. The molecule has 0 saturated carbocycles. The summed E-state index contributed by atoms with van der Waals surface area (Å²) >= 11 is 0. The molecule has 0 aliphatic carbocycles. The van der Waals surface area contributed by atoms with Gasteiger partial charge in [-0.25, -0.2) is 0 Å². The average Bonchev–Trinajstić information content (AvgIpc) is 2.52. The molecule has 0 bridgehead atoms. The zero-order chi connectivity index (χ0) is 15.9. The van der Waals surface area contributed by atoms with Crippen molar-refractivity contribution in [1.29, 1.82) is 5.26 Å². The van der Waals surface area contributed by atoms with Crippen molar-refractivity contribution in [3.63, 3.8) is 0 Å². The summed E-state index contributed by atoms with van der Waals surface area (Å²) in [4.78, 5) is 12.4. The SMILES string of the molecule is CCCOC(C)(CC)C(=O)Nc1ccc(OC)cc1C#N. The third-order valence-electron chi connectivity index (χ3n) is 3.38. The van der Waals surface area contributed by atoms with Crippen molar-refractivity contribution in [2.24, 2.45) is 0 Å². The summed E-state index contributed by atoms with van der Waals surface area (Å²) in [6.45, 7) is 6.17. The summed E-state index contributed by atoms with van der Waals surface area (Å²) in [5, 5.41) is 11.9. The monoisotopic (exact) mass is 290 g/mol. The Morgan fingerprint density at radius 3 is 2.67 bits per heavy atom. The van der Waals surface area contributed by atoms with Crippen molar-refractivity contribution < 1.29 is 14.3 Å². The largest absolute Gasteiger partial charge is 0.497 e. The lowest BCUT2D eigenvalue weighted by Gasteiger charge is -2.27. The number of anilines is 1. The van der Waals surface area contributed by atoms with Crippen LogP contribution in [0.5, 0.6) is 5.75 Å². The van der Waals surface area contributed by atoms with E-state index in [0.29, 0.717) is 30.0 Å². The Morgan fingerprint density at radius 2 is 2.14 bits per heavy atom. The Hall–Kier alpha value is -2.06. The third-order valence-corrected chi connectivity index (χ3v) is 3.38. The fourth-order valence-electron chi connectivity index (χ4n) is 1.76. The van der Waals surface area contributed by atoms with Gasteiger partial charge >= 0.3 is 0 Å². The van der Waals surface area contributed by atoms with Gasteiger partial charge in [-0.3, -0.25) is 4.79 Å². The quantitative estimate of drug-likeness (QED) is 0.837. The highest BCUT2D eigenvalue weighted by atomic mass is 16.5. The molecule has 0 aliphatic rings. The highest BCUT2D eigenvalue weighted by Crippen LogP contribution is 2.24. The molecule has 1 amide bonds. The normalized spacial score (nSPS) is 13.1. The molecule has 1 atom stereocenters. The zero-order valence-corrected chi connectivity index (χ0v) is 13.0. The highest BCUT2D eigenvalue weighted by molar-refractivity contribution is 5.98. The maximum absolute atomic E-state index is 12.4. The van der Waals surface area contributed by atoms with Crippen LogP contribution >= 0.6 is 0 Å². The van der Waals surface area contributed by atoms with Crippen molar-refractivity contribution in [2.75, 3.05) is 19.0 Å². The second kappa shape index (κ2) is 7.65. The lowest BCUT2D eigenvalue weighted by molar-refractivity contribution is -0.139. The number of carbonyl (C=O) groups is 1. The van der Waals surface area contributed by atoms with Crippen LogP contribution in [-0.4, -0.2) is 25.2 Å². The molecular formula is C16H22N2O3. The summed E-state index contributed by atoms with van der Waals surface area (Å²) in [5.74, 6) is 0.324. The number of nitrogens with one attached hydrogen (secondary N) is 1. The lowest BCUT2D eigenvalue weighted by atomic mass is 10.0. The second-order valence-electron chi connectivity index (χ2n) is 4.91. The molecule has 1 aromatic rings. The number of hydrogen-bond donors (Lipinski definition) is 1. The third kappa shape index (κ3) is 4.20. The lowest BCUT2D eigenvalue weighted by Crippen LogP contribution is -2.42. The van der Waals surface area contributed by atoms with Crippen molar-refractivity contribution in [2.45, 2.75) is 39.2 Å². The number of ether oxygens (including phenoxy) is 2. The van der Waals surface area contributed by atoms with Crippen LogP contribution in [0.3, 0.4) is 0 Å². The number of nitrogens with zero attached hydrogens (tertiary/aromatic N) is 1. The maximum atomic E-state index is 12.4. The Bertz CT molecular complexity index is 537. The van der Waals surface area contributed by atoms with Gasteiger partial charge in [-0.1, -0.05) is 13.8 Å². The molecule has 0 radical (unpaired) electrons. The first kappa shape index (κ1) is 17.0. The van der Waals surface area contributed by atoms with E-state index in [2.05, 4.69) is 11.4 Å². The zero-order valence-electron chi connectivity index (χ0n) is 13.0. The van der Waals surface area contributed by atoms with Gasteiger partial charge in [0.05, 0.1) is 18.4 Å². The molecule has 0 heterocycles. The van der Waals surface area contributed by atoms with E-state index in [1.165, 1.54) is 7.11 Å². The molecule has 1 N–H and O–H groups in total. The predicted octanol–water partition coefficient (Wildman–Crippen LogP) is 3.10. The van der Waals surface area contributed by atoms with E-state index < -0.39 is 5.60 Å². The molecule has 5 heteroatoms. The van der Waals surface area contributed by atoms with Crippen LogP contribution in [0.1, 0.15) is 39.2 Å². The molecule has 0 saturated heterocycles. The highest BCUT2D eigenvalue weighted by Gasteiger charge is 2.32. The van der Waals surface area contributed by atoms with E-state index in [1.54, 1.807) is 25.1 Å². The van der Waals surface area contributed by atoms with Crippen LogP contribution in [0.2, 0.25) is 0 Å². The standard InChI is InChI=1S/C16H22N2O3/c1-5-9-21-16(3,6-2)15(19)18-14-8-7-13(20-4)10-12(14)11-17/h7-8,10H,5-6,9H2,1-4H3,(H,18,19). The minimum atomic E-state index is -0.900. The van der Waals surface area contributed by atoms with Gasteiger partial charge in [-0.05, 0) is 38.0 Å². The van der Waals surface area contributed by atoms with E-state index in [0.717, 1.165) is 6.42 Å². The van der Waals surface area contributed by atoms with E-state index in [4.69, 9.17) is 14.7 Å². The molecule has 21 heavy (non-hydrogen) atoms. The molecule has 1 rings (SSSR count). The first-order valence-corrected chi connectivity index (χ1v) is 7.04. The maximum Gasteiger partial charge on any atom is 0.256 e. The van der Waals surface area contributed by atoms with Crippen molar-refractivity contribution in [3.8, 4) is 11.8 Å². The fourth-order valence-corrected chi connectivity index (χ4v) is 1.76. The van der Waals surface area contributed by atoms with Crippen molar-refractivity contribution in [3.05, 3.63) is 23.8 Å². The number of hydrogen-bond acceptors (Lipinski definition) is 4. The Balaban J connectivity index is 2.94. The Kier molecular flexibility index (Phi) is 6.19. The van der Waals surface area contributed by atoms with Crippen molar-refractivity contribution in [1.82, 2.24) is 0 Å². The number of nitriles is 1. The first-order valence-electron chi connectivity index (χ1n) is 7.04.